The molecule has 0 fully saturated rings. The molecule has 0 radical (unpaired) electrons. The summed E-state index contributed by atoms with van der Waals surface area (Å²) in [7, 11) is 0. The van der Waals surface area contributed by atoms with Gasteiger partial charge in [-0.2, -0.15) is 11.8 Å². The Labute approximate surface area is 92.1 Å². The number of hydrogen-bond donors (Lipinski definition) is 0. The number of hydrogen-bond acceptors (Lipinski definition) is 1. The summed E-state index contributed by atoms with van der Waals surface area (Å²) in [4.78, 5) is 0. The van der Waals surface area contributed by atoms with E-state index in [9.17, 15) is 0 Å². The monoisotopic (exact) mass is 208 g/mol. The second kappa shape index (κ2) is 5.45. The number of thioether (sulfide) groups is 1. The van der Waals surface area contributed by atoms with Crippen molar-refractivity contribution < 1.29 is 0 Å². The first-order valence-corrected chi connectivity index (χ1v) is 6.45. The predicted octanol–water partition coefficient (Wildman–Crippen LogP) is 4.26. The molecule has 0 aliphatic carbocycles. The first kappa shape index (κ1) is 11.6. The molecule has 1 rings (SSSR count). The van der Waals surface area contributed by atoms with Gasteiger partial charge in [-0.3, -0.25) is 0 Å². The van der Waals surface area contributed by atoms with Crippen LogP contribution in [0.3, 0.4) is 0 Å². The first-order valence-electron chi connectivity index (χ1n) is 5.29. The Bertz CT molecular complexity index is 279. The highest BCUT2D eigenvalue weighted by Crippen LogP contribution is 2.21. The largest absolute Gasteiger partial charge is 0.157 e. The molecule has 0 aromatic heterocycles. The maximum absolute atomic E-state index is 2.29. The van der Waals surface area contributed by atoms with Crippen LogP contribution in [0.2, 0.25) is 0 Å². The van der Waals surface area contributed by atoms with E-state index in [2.05, 4.69) is 39.8 Å². The van der Waals surface area contributed by atoms with Gasteiger partial charge in [0.25, 0.3) is 0 Å². The lowest BCUT2D eigenvalue weighted by Crippen LogP contribution is -1.93. The molecule has 0 unspecified atom stereocenters. The minimum absolute atomic E-state index is 1.17. The van der Waals surface area contributed by atoms with Crippen LogP contribution in [-0.2, 0) is 5.75 Å². The van der Waals surface area contributed by atoms with Gasteiger partial charge in [-0.25, -0.2) is 0 Å². The third-order valence-electron chi connectivity index (χ3n) is 2.44. The van der Waals surface area contributed by atoms with Crippen LogP contribution in [0, 0.1) is 20.8 Å². The van der Waals surface area contributed by atoms with E-state index in [1.165, 1.54) is 40.2 Å². The Balaban J connectivity index is 2.75. The molecule has 1 aromatic rings. The van der Waals surface area contributed by atoms with E-state index in [4.69, 9.17) is 0 Å². The SMILES string of the molecule is CCCSCc1c(C)cc(C)cc1C. The summed E-state index contributed by atoms with van der Waals surface area (Å²) >= 11 is 2.04. The minimum Gasteiger partial charge on any atom is -0.157 e. The molecule has 0 aliphatic heterocycles. The van der Waals surface area contributed by atoms with Crippen LogP contribution in [0.1, 0.15) is 35.6 Å². The number of benzene rings is 1. The molecule has 78 valence electrons. The van der Waals surface area contributed by atoms with E-state index in [-0.39, 0.29) is 0 Å². The van der Waals surface area contributed by atoms with Crippen molar-refractivity contribution in [2.45, 2.75) is 39.9 Å². The van der Waals surface area contributed by atoms with Gasteiger partial charge < -0.3 is 0 Å². The van der Waals surface area contributed by atoms with Gasteiger partial charge in [-0.1, -0.05) is 24.6 Å². The van der Waals surface area contributed by atoms with E-state index in [0.717, 1.165) is 0 Å². The summed E-state index contributed by atoms with van der Waals surface area (Å²) in [5.74, 6) is 2.44. The quantitative estimate of drug-likeness (QED) is 0.666. The minimum atomic E-state index is 1.17. The van der Waals surface area contributed by atoms with Crippen LogP contribution in [0.15, 0.2) is 12.1 Å². The Hall–Kier alpha value is -0.430. The van der Waals surface area contributed by atoms with Crippen molar-refractivity contribution in [1.29, 1.82) is 0 Å². The third-order valence-corrected chi connectivity index (χ3v) is 3.62. The van der Waals surface area contributed by atoms with Crippen LogP contribution in [0.4, 0.5) is 0 Å². The lowest BCUT2D eigenvalue weighted by Gasteiger charge is -2.10. The van der Waals surface area contributed by atoms with Crippen molar-refractivity contribution in [2.24, 2.45) is 0 Å². The standard InChI is InChI=1S/C13H20S/c1-5-6-14-9-13-11(3)7-10(2)8-12(13)4/h7-8H,5-6,9H2,1-4H3. The molecule has 0 heterocycles. The summed E-state index contributed by atoms with van der Waals surface area (Å²) in [5, 5.41) is 0. The van der Waals surface area contributed by atoms with Gasteiger partial charge in [0.2, 0.25) is 0 Å². The zero-order chi connectivity index (χ0) is 10.6. The molecule has 0 bridgehead atoms. The van der Waals surface area contributed by atoms with Gasteiger partial charge in [0.1, 0.15) is 0 Å². The lowest BCUT2D eigenvalue weighted by atomic mass is 10.0. The van der Waals surface area contributed by atoms with Crippen molar-refractivity contribution in [2.75, 3.05) is 5.75 Å². The van der Waals surface area contributed by atoms with Crippen molar-refractivity contribution in [3.05, 3.63) is 34.4 Å². The van der Waals surface area contributed by atoms with Gasteiger partial charge in [0.05, 0.1) is 0 Å². The Morgan fingerprint density at radius 3 is 2.14 bits per heavy atom. The second-order valence-electron chi connectivity index (χ2n) is 3.93. The van der Waals surface area contributed by atoms with Crippen LogP contribution < -0.4 is 0 Å². The third kappa shape index (κ3) is 3.06. The summed E-state index contributed by atoms with van der Waals surface area (Å²) in [6, 6.07) is 4.57. The molecule has 0 saturated heterocycles. The molecule has 1 heteroatoms. The molecule has 0 amide bonds. The summed E-state index contributed by atoms with van der Waals surface area (Å²) in [5.41, 5.74) is 5.82. The molecule has 0 N–H and O–H groups in total. The molecule has 0 saturated carbocycles. The highest BCUT2D eigenvalue weighted by Gasteiger charge is 2.03. The Kier molecular flexibility index (Phi) is 4.53. The maximum atomic E-state index is 2.29. The zero-order valence-corrected chi connectivity index (χ0v) is 10.5. The average molecular weight is 208 g/mol. The maximum Gasteiger partial charge on any atom is 0.0189 e. The van der Waals surface area contributed by atoms with Crippen LogP contribution in [0.5, 0.6) is 0 Å². The van der Waals surface area contributed by atoms with E-state index in [0.29, 0.717) is 0 Å². The van der Waals surface area contributed by atoms with Crippen LogP contribution in [-0.4, -0.2) is 5.75 Å². The molecule has 0 spiro atoms. The molecule has 0 nitrogen and oxygen atoms in total. The molecule has 0 aliphatic rings. The van der Waals surface area contributed by atoms with Gasteiger partial charge in [0.15, 0.2) is 0 Å². The predicted molar refractivity (Wildman–Crippen MR) is 67.1 cm³/mol. The van der Waals surface area contributed by atoms with E-state index >= 15 is 0 Å². The topological polar surface area (TPSA) is 0 Å². The molecule has 1 aromatic carbocycles. The van der Waals surface area contributed by atoms with Crippen LogP contribution in [0.25, 0.3) is 0 Å². The Morgan fingerprint density at radius 2 is 1.64 bits per heavy atom. The number of aryl methyl sites for hydroxylation is 3. The molecule has 14 heavy (non-hydrogen) atoms. The average Bonchev–Trinajstić information content (AvgIpc) is 2.09. The lowest BCUT2D eigenvalue weighted by molar-refractivity contribution is 1.10. The fourth-order valence-electron chi connectivity index (χ4n) is 1.76. The Morgan fingerprint density at radius 1 is 1.07 bits per heavy atom. The number of rotatable bonds is 4. The molecular formula is C13H20S. The highest BCUT2D eigenvalue weighted by atomic mass is 32.2. The van der Waals surface area contributed by atoms with Crippen molar-refractivity contribution >= 4 is 11.8 Å². The summed E-state index contributed by atoms with van der Waals surface area (Å²) in [6.45, 7) is 8.86. The fourth-order valence-corrected chi connectivity index (χ4v) is 2.85. The normalized spacial score (nSPS) is 10.6. The van der Waals surface area contributed by atoms with E-state index < -0.39 is 0 Å². The second-order valence-corrected chi connectivity index (χ2v) is 5.04. The van der Waals surface area contributed by atoms with E-state index in [1.807, 2.05) is 11.8 Å². The summed E-state index contributed by atoms with van der Waals surface area (Å²) in [6.07, 6.45) is 1.27. The summed E-state index contributed by atoms with van der Waals surface area (Å²) < 4.78 is 0. The van der Waals surface area contributed by atoms with E-state index in [1.54, 1.807) is 0 Å². The van der Waals surface area contributed by atoms with Gasteiger partial charge in [-0.05, 0) is 49.6 Å². The smallest absolute Gasteiger partial charge is 0.0189 e. The van der Waals surface area contributed by atoms with Crippen LogP contribution >= 0.6 is 11.8 Å². The molecule has 0 atom stereocenters. The highest BCUT2D eigenvalue weighted by molar-refractivity contribution is 7.98. The van der Waals surface area contributed by atoms with Gasteiger partial charge in [0, 0.05) is 5.75 Å². The first-order chi connectivity index (χ1) is 6.65. The zero-order valence-electron chi connectivity index (χ0n) is 9.68. The van der Waals surface area contributed by atoms with Gasteiger partial charge >= 0.3 is 0 Å². The van der Waals surface area contributed by atoms with Crippen molar-refractivity contribution in [1.82, 2.24) is 0 Å². The van der Waals surface area contributed by atoms with Gasteiger partial charge in [-0.15, -0.1) is 0 Å². The van der Waals surface area contributed by atoms with Crippen molar-refractivity contribution in [3.8, 4) is 0 Å². The van der Waals surface area contributed by atoms with Crippen molar-refractivity contribution in [3.63, 3.8) is 0 Å². The molecular weight excluding hydrogens is 188 g/mol. The fraction of sp³-hybridized carbons (Fsp3) is 0.538.